The second-order valence-electron chi connectivity index (χ2n) is 5.32. The molecule has 0 spiro atoms. The molecule has 1 fully saturated rings. The Balaban J connectivity index is 1.74. The summed E-state index contributed by atoms with van der Waals surface area (Å²) in [7, 11) is 0. The van der Waals surface area contributed by atoms with Crippen LogP contribution in [0.3, 0.4) is 0 Å². The standard InChI is InChI=1S/C14H20N4/c1-11-2-7-18-10-13(16-14(18)8-11)9-17-5-3-12(15)4-6-17/h2,7-8,10,12H,3-6,9,15H2,1H3. The van der Waals surface area contributed by atoms with Crippen molar-refractivity contribution in [1.82, 2.24) is 14.3 Å². The van der Waals surface area contributed by atoms with E-state index in [-0.39, 0.29) is 0 Å². The Morgan fingerprint density at radius 3 is 2.94 bits per heavy atom. The zero-order chi connectivity index (χ0) is 12.5. The van der Waals surface area contributed by atoms with Crippen molar-refractivity contribution < 1.29 is 0 Å². The molecular weight excluding hydrogens is 224 g/mol. The Hall–Kier alpha value is -1.39. The molecule has 0 unspecified atom stereocenters. The highest BCUT2D eigenvalue weighted by Crippen LogP contribution is 2.13. The fourth-order valence-electron chi connectivity index (χ4n) is 2.55. The number of hydrogen-bond donors (Lipinski definition) is 1. The van der Waals surface area contributed by atoms with E-state index in [0.29, 0.717) is 6.04 Å². The minimum absolute atomic E-state index is 0.393. The van der Waals surface area contributed by atoms with Crippen LogP contribution in [-0.4, -0.2) is 33.4 Å². The third kappa shape index (κ3) is 2.40. The molecule has 3 rings (SSSR count). The summed E-state index contributed by atoms with van der Waals surface area (Å²) in [6, 6.07) is 4.62. The lowest BCUT2D eigenvalue weighted by molar-refractivity contribution is 0.204. The normalized spacial score (nSPS) is 18.6. The molecule has 0 aromatic carbocycles. The quantitative estimate of drug-likeness (QED) is 0.872. The molecule has 2 N–H and O–H groups in total. The number of aromatic nitrogens is 2. The Kier molecular flexibility index (Phi) is 3.06. The molecular formula is C14H20N4. The van der Waals surface area contributed by atoms with Gasteiger partial charge in [0.2, 0.25) is 0 Å². The maximum Gasteiger partial charge on any atom is 0.137 e. The molecule has 3 heterocycles. The summed E-state index contributed by atoms with van der Waals surface area (Å²) < 4.78 is 2.10. The highest BCUT2D eigenvalue weighted by Gasteiger charge is 2.16. The summed E-state index contributed by atoms with van der Waals surface area (Å²) in [4.78, 5) is 7.12. The van der Waals surface area contributed by atoms with Crippen LogP contribution in [0.4, 0.5) is 0 Å². The highest BCUT2D eigenvalue weighted by atomic mass is 15.1. The zero-order valence-corrected chi connectivity index (χ0v) is 10.8. The first kappa shape index (κ1) is 11.7. The van der Waals surface area contributed by atoms with E-state index >= 15 is 0 Å². The molecule has 0 radical (unpaired) electrons. The van der Waals surface area contributed by atoms with E-state index in [1.807, 2.05) is 0 Å². The van der Waals surface area contributed by atoms with Crippen molar-refractivity contribution in [3.63, 3.8) is 0 Å². The van der Waals surface area contributed by atoms with E-state index in [1.165, 1.54) is 5.56 Å². The van der Waals surface area contributed by atoms with Crippen LogP contribution in [0.5, 0.6) is 0 Å². The third-order valence-corrected chi connectivity index (χ3v) is 3.68. The topological polar surface area (TPSA) is 46.6 Å². The van der Waals surface area contributed by atoms with Crippen molar-refractivity contribution >= 4 is 5.65 Å². The number of likely N-dealkylation sites (tertiary alicyclic amines) is 1. The fraction of sp³-hybridized carbons (Fsp3) is 0.500. The lowest BCUT2D eigenvalue weighted by Crippen LogP contribution is -2.39. The number of nitrogens with zero attached hydrogens (tertiary/aromatic N) is 3. The van der Waals surface area contributed by atoms with Crippen LogP contribution in [0.15, 0.2) is 24.5 Å². The lowest BCUT2D eigenvalue weighted by Gasteiger charge is -2.29. The summed E-state index contributed by atoms with van der Waals surface area (Å²) in [5, 5.41) is 0. The first-order chi connectivity index (χ1) is 8.70. The number of fused-ring (bicyclic) bond motifs is 1. The number of rotatable bonds is 2. The van der Waals surface area contributed by atoms with Gasteiger partial charge in [0, 0.05) is 38.1 Å². The van der Waals surface area contributed by atoms with Gasteiger partial charge in [-0.15, -0.1) is 0 Å². The van der Waals surface area contributed by atoms with Crippen LogP contribution < -0.4 is 5.73 Å². The predicted octanol–water partition coefficient (Wildman–Crippen LogP) is 1.57. The van der Waals surface area contributed by atoms with Gasteiger partial charge in [-0.25, -0.2) is 4.98 Å². The van der Waals surface area contributed by atoms with Gasteiger partial charge in [-0.3, -0.25) is 4.90 Å². The molecule has 4 nitrogen and oxygen atoms in total. The molecule has 0 atom stereocenters. The average Bonchev–Trinajstić information content (AvgIpc) is 2.73. The second-order valence-corrected chi connectivity index (χ2v) is 5.32. The van der Waals surface area contributed by atoms with E-state index in [9.17, 15) is 0 Å². The minimum Gasteiger partial charge on any atom is -0.328 e. The van der Waals surface area contributed by atoms with Gasteiger partial charge >= 0.3 is 0 Å². The Labute approximate surface area is 107 Å². The first-order valence-corrected chi connectivity index (χ1v) is 6.63. The minimum atomic E-state index is 0.393. The fourth-order valence-corrected chi connectivity index (χ4v) is 2.55. The number of piperidine rings is 1. The van der Waals surface area contributed by atoms with Crippen LogP contribution in [0.1, 0.15) is 24.1 Å². The third-order valence-electron chi connectivity index (χ3n) is 3.68. The van der Waals surface area contributed by atoms with E-state index in [4.69, 9.17) is 5.73 Å². The summed E-state index contributed by atoms with van der Waals surface area (Å²) in [5.41, 5.74) is 9.36. The second kappa shape index (κ2) is 4.71. The molecule has 2 aromatic rings. The van der Waals surface area contributed by atoms with Crippen LogP contribution in [0.25, 0.3) is 5.65 Å². The van der Waals surface area contributed by atoms with Crippen LogP contribution in [0, 0.1) is 6.92 Å². The molecule has 2 aromatic heterocycles. The van der Waals surface area contributed by atoms with Crippen molar-refractivity contribution in [3.8, 4) is 0 Å². The van der Waals surface area contributed by atoms with Crippen molar-refractivity contribution in [2.75, 3.05) is 13.1 Å². The van der Waals surface area contributed by atoms with Gasteiger partial charge in [-0.1, -0.05) is 0 Å². The van der Waals surface area contributed by atoms with Crippen molar-refractivity contribution in [2.24, 2.45) is 5.73 Å². The average molecular weight is 244 g/mol. The Morgan fingerprint density at radius 1 is 1.39 bits per heavy atom. The molecule has 0 saturated carbocycles. The number of nitrogens with two attached hydrogens (primary N) is 1. The molecule has 96 valence electrons. The van der Waals surface area contributed by atoms with Gasteiger partial charge < -0.3 is 10.1 Å². The van der Waals surface area contributed by atoms with Gasteiger partial charge in [0.05, 0.1) is 5.69 Å². The monoisotopic (exact) mass is 244 g/mol. The number of aryl methyl sites for hydroxylation is 1. The molecule has 1 saturated heterocycles. The number of hydrogen-bond acceptors (Lipinski definition) is 3. The van der Waals surface area contributed by atoms with Gasteiger partial charge in [0.15, 0.2) is 0 Å². The van der Waals surface area contributed by atoms with Crippen LogP contribution in [-0.2, 0) is 6.54 Å². The smallest absolute Gasteiger partial charge is 0.137 e. The molecule has 0 aliphatic carbocycles. The van der Waals surface area contributed by atoms with Crippen molar-refractivity contribution in [1.29, 1.82) is 0 Å². The molecule has 1 aliphatic heterocycles. The van der Waals surface area contributed by atoms with Crippen molar-refractivity contribution in [2.45, 2.75) is 32.4 Å². The largest absolute Gasteiger partial charge is 0.328 e. The SMILES string of the molecule is Cc1ccn2cc(CN3CCC(N)CC3)nc2c1. The molecule has 0 amide bonds. The van der Waals surface area contributed by atoms with E-state index in [1.54, 1.807) is 0 Å². The number of imidazole rings is 1. The maximum absolute atomic E-state index is 5.92. The summed E-state index contributed by atoms with van der Waals surface area (Å²) in [6.07, 6.45) is 6.41. The predicted molar refractivity (Wildman–Crippen MR) is 72.4 cm³/mol. The molecule has 0 bridgehead atoms. The van der Waals surface area contributed by atoms with Gasteiger partial charge in [0.25, 0.3) is 0 Å². The van der Waals surface area contributed by atoms with Gasteiger partial charge in [-0.2, -0.15) is 0 Å². The lowest BCUT2D eigenvalue weighted by atomic mass is 10.1. The van der Waals surface area contributed by atoms with E-state index in [0.717, 1.165) is 43.8 Å². The summed E-state index contributed by atoms with van der Waals surface area (Å²) in [6.45, 7) is 5.22. The van der Waals surface area contributed by atoms with Gasteiger partial charge in [-0.05, 0) is 37.5 Å². The maximum atomic E-state index is 5.92. The molecule has 4 heteroatoms. The summed E-state index contributed by atoms with van der Waals surface area (Å²) in [5.74, 6) is 0. The van der Waals surface area contributed by atoms with Gasteiger partial charge in [0.1, 0.15) is 5.65 Å². The van der Waals surface area contributed by atoms with Crippen LogP contribution in [0.2, 0.25) is 0 Å². The molecule has 18 heavy (non-hydrogen) atoms. The highest BCUT2D eigenvalue weighted by molar-refractivity contribution is 5.42. The Bertz CT molecular complexity index is 538. The first-order valence-electron chi connectivity index (χ1n) is 6.63. The van der Waals surface area contributed by atoms with E-state index in [2.05, 4.69) is 45.7 Å². The van der Waals surface area contributed by atoms with E-state index < -0.39 is 0 Å². The van der Waals surface area contributed by atoms with Crippen molar-refractivity contribution in [3.05, 3.63) is 35.8 Å². The summed E-state index contributed by atoms with van der Waals surface area (Å²) >= 11 is 0. The molecule has 1 aliphatic rings. The zero-order valence-electron chi connectivity index (χ0n) is 10.8. The number of pyridine rings is 1. The Morgan fingerprint density at radius 2 is 2.17 bits per heavy atom. The van der Waals surface area contributed by atoms with Crippen LogP contribution >= 0.6 is 0 Å².